The molecule has 0 N–H and O–H groups in total. The third-order valence-electron chi connectivity index (χ3n) is 5.08. The van der Waals surface area contributed by atoms with Crippen molar-refractivity contribution in [2.75, 3.05) is 23.5 Å². The third kappa shape index (κ3) is 6.48. The van der Waals surface area contributed by atoms with Crippen LogP contribution < -0.4 is 0 Å². The van der Waals surface area contributed by atoms with E-state index in [0.29, 0.717) is 17.9 Å². The van der Waals surface area contributed by atoms with Gasteiger partial charge in [0.1, 0.15) is 0 Å². The average Bonchev–Trinajstić information content (AvgIpc) is 3.67. The number of aromatic nitrogens is 6. The second-order valence-electron chi connectivity index (χ2n) is 7.82. The Balaban J connectivity index is 1.47. The van der Waals surface area contributed by atoms with Gasteiger partial charge >= 0.3 is 0 Å². The van der Waals surface area contributed by atoms with Gasteiger partial charge in [0, 0.05) is 5.75 Å². The Hall–Kier alpha value is -2.56. The van der Waals surface area contributed by atoms with Gasteiger partial charge in [0.2, 0.25) is 22.0 Å². The van der Waals surface area contributed by atoms with Crippen molar-refractivity contribution in [1.82, 2.24) is 28.3 Å². The van der Waals surface area contributed by atoms with E-state index >= 15 is 0 Å². The van der Waals surface area contributed by atoms with Crippen LogP contribution in [0.5, 0.6) is 0 Å². The smallest absolute Gasteiger partial charge is 0.256 e. The molecule has 0 amide bonds. The highest BCUT2D eigenvalue weighted by Crippen LogP contribution is 2.26. The summed E-state index contributed by atoms with van der Waals surface area (Å²) in [4.78, 5) is 8.60. The van der Waals surface area contributed by atoms with Gasteiger partial charge in [0.25, 0.3) is 20.0 Å². The van der Waals surface area contributed by atoms with Crippen LogP contribution in [0.4, 0.5) is 0 Å². The molecule has 0 aliphatic heterocycles. The number of hydrogen-bond acceptors (Lipinski definition) is 12. The maximum atomic E-state index is 13.0. The zero-order valence-electron chi connectivity index (χ0n) is 20.2. The lowest BCUT2D eigenvalue weighted by atomic mass is 10.3. The van der Waals surface area contributed by atoms with E-state index < -0.39 is 20.0 Å². The normalized spacial score (nSPS) is 12.4. The number of rotatable bonds is 14. The molecule has 0 saturated heterocycles. The van der Waals surface area contributed by atoms with E-state index in [1.165, 1.54) is 12.5 Å². The standard InChI is InChI=1S/C21H26N6O6S4/c1-3-4-5-14-36(28,29)27-21(23-19(25-27)17-10-7-12-33-17)35-13-8-15-37(30,31)26-20(34-2)22-18(24-26)16-9-6-11-32-16/h6-7,9-12H,3-5,8,13-15H2,1-2H3. The Morgan fingerprint density at radius 3 is 1.86 bits per heavy atom. The van der Waals surface area contributed by atoms with Gasteiger partial charge in [-0.1, -0.05) is 43.3 Å². The highest BCUT2D eigenvalue weighted by atomic mass is 32.2. The second kappa shape index (κ2) is 11.9. The van der Waals surface area contributed by atoms with E-state index in [-0.39, 0.29) is 45.6 Å². The number of furan rings is 2. The summed E-state index contributed by atoms with van der Waals surface area (Å²) >= 11 is 2.28. The Morgan fingerprint density at radius 2 is 1.35 bits per heavy atom. The molecule has 16 heteroatoms. The zero-order chi connectivity index (χ0) is 26.5. The molecule has 0 unspecified atom stereocenters. The molecule has 4 rings (SSSR count). The van der Waals surface area contributed by atoms with Gasteiger partial charge in [0.05, 0.1) is 24.0 Å². The first kappa shape index (κ1) is 27.5. The maximum absolute atomic E-state index is 13.0. The molecular weight excluding hydrogens is 561 g/mol. The Kier molecular flexibility index (Phi) is 8.82. The number of thioether (sulfide) groups is 2. The monoisotopic (exact) mass is 586 g/mol. The second-order valence-corrected chi connectivity index (χ2v) is 13.5. The van der Waals surface area contributed by atoms with Crippen LogP contribution in [0.3, 0.4) is 0 Å². The van der Waals surface area contributed by atoms with Crippen molar-refractivity contribution in [2.24, 2.45) is 0 Å². The number of nitrogens with zero attached hydrogens (tertiary/aromatic N) is 6. The van der Waals surface area contributed by atoms with Gasteiger partial charge in [0.15, 0.2) is 11.5 Å². The summed E-state index contributed by atoms with van der Waals surface area (Å²) in [5.74, 6) is 1.04. The van der Waals surface area contributed by atoms with Crippen molar-refractivity contribution in [2.45, 2.75) is 42.9 Å². The average molecular weight is 587 g/mol. The first-order valence-electron chi connectivity index (χ1n) is 11.4. The summed E-state index contributed by atoms with van der Waals surface area (Å²) in [7, 11) is -7.56. The van der Waals surface area contributed by atoms with E-state index in [4.69, 9.17) is 8.83 Å². The SMILES string of the molecule is CCCCCS(=O)(=O)n1nc(-c2ccco2)nc1SCCCS(=O)(=O)n1nc(-c2ccco2)nc1SC. The first-order chi connectivity index (χ1) is 17.7. The van der Waals surface area contributed by atoms with Crippen LogP contribution in [0.1, 0.15) is 32.6 Å². The van der Waals surface area contributed by atoms with Gasteiger partial charge in [-0.3, -0.25) is 0 Å². The molecule has 200 valence electrons. The van der Waals surface area contributed by atoms with E-state index in [9.17, 15) is 16.8 Å². The highest BCUT2D eigenvalue weighted by Gasteiger charge is 2.25. The lowest BCUT2D eigenvalue weighted by Gasteiger charge is -2.07. The summed E-state index contributed by atoms with van der Waals surface area (Å²) < 4.78 is 64.3. The molecule has 0 aliphatic carbocycles. The van der Waals surface area contributed by atoms with E-state index in [1.807, 2.05) is 6.92 Å². The molecule has 0 spiro atoms. The predicted octanol–water partition coefficient (Wildman–Crippen LogP) is 3.84. The Labute approximate surface area is 223 Å². The minimum atomic E-state index is -3.82. The predicted molar refractivity (Wildman–Crippen MR) is 140 cm³/mol. The molecule has 4 heterocycles. The maximum Gasteiger partial charge on any atom is 0.256 e. The van der Waals surface area contributed by atoms with Crippen LogP contribution in [0.2, 0.25) is 0 Å². The minimum absolute atomic E-state index is 0.0640. The molecule has 0 radical (unpaired) electrons. The summed E-state index contributed by atoms with van der Waals surface area (Å²) in [6.07, 6.45) is 7.01. The van der Waals surface area contributed by atoms with E-state index in [1.54, 1.807) is 30.5 Å². The fraction of sp³-hybridized carbons (Fsp3) is 0.429. The first-order valence-corrected chi connectivity index (χ1v) is 16.8. The molecule has 0 atom stereocenters. The van der Waals surface area contributed by atoms with Gasteiger partial charge < -0.3 is 8.83 Å². The van der Waals surface area contributed by atoms with Crippen molar-refractivity contribution in [1.29, 1.82) is 0 Å². The fourth-order valence-electron chi connectivity index (χ4n) is 3.28. The fourth-order valence-corrected chi connectivity index (χ4v) is 8.05. The molecule has 37 heavy (non-hydrogen) atoms. The molecule has 0 aliphatic rings. The Bertz CT molecular complexity index is 1510. The summed E-state index contributed by atoms with van der Waals surface area (Å²) in [6.45, 7) is 1.99. The minimum Gasteiger partial charge on any atom is -0.461 e. The zero-order valence-corrected chi connectivity index (χ0v) is 23.4. The molecule has 4 aromatic heterocycles. The van der Waals surface area contributed by atoms with E-state index in [0.717, 1.165) is 44.5 Å². The Morgan fingerprint density at radius 1 is 0.811 bits per heavy atom. The molecule has 0 saturated carbocycles. The number of unbranched alkanes of at least 4 members (excludes halogenated alkanes) is 2. The van der Waals surface area contributed by atoms with Crippen LogP contribution in [0, 0.1) is 0 Å². The van der Waals surface area contributed by atoms with Crippen molar-refractivity contribution in [3.8, 4) is 23.2 Å². The van der Waals surface area contributed by atoms with Crippen LogP contribution in [-0.2, 0) is 20.0 Å². The molecular formula is C21H26N6O6S4. The summed E-state index contributed by atoms with van der Waals surface area (Å²) in [5, 5.41) is 8.69. The lowest BCUT2D eigenvalue weighted by Crippen LogP contribution is -2.20. The van der Waals surface area contributed by atoms with Gasteiger partial charge in [-0.05, 0) is 43.4 Å². The van der Waals surface area contributed by atoms with Crippen LogP contribution in [-0.4, -0.2) is 68.7 Å². The topological polar surface area (TPSA) is 156 Å². The number of hydrogen-bond donors (Lipinski definition) is 0. The van der Waals surface area contributed by atoms with Crippen LogP contribution >= 0.6 is 23.5 Å². The molecule has 12 nitrogen and oxygen atoms in total. The van der Waals surface area contributed by atoms with Crippen LogP contribution in [0.15, 0.2) is 55.9 Å². The van der Waals surface area contributed by atoms with E-state index in [2.05, 4.69) is 20.2 Å². The lowest BCUT2D eigenvalue weighted by molar-refractivity contribution is 0.565. The van der Waals surface area contributed by atoms with Gasteiger partial charge in [-0.15, -0.1) is 18.4 Å². The van der Waals surface area contributed by atoms with Crippen molar-refractivity contribution >= 4 is 43.6 Å². The van der Waals surface area contributed by atoms with Gasteiger partial charge in [-0.25, -0.2) is 16.8 Å². The van der Waals surface area contributed by atoms with Gasteiger partial charge in [-0.2, -0.15) is 9.97 Å². The van der Waals surface area contributed by atoms with Crippen LogP contribution in [0.25, 0.3) is 23.2 Å². The summed E-state index contributed by atoms with van der Waals surface area (Å²) in [5.41, 5.74) is 0. The third-order valence-corrected chi connectivity index (χ3v) is 10.1. The van der Waals surface area contributed by atoms with Crippen molar-refractivity contribution in [3.63, 3.8) is 0 Å². The quantitative estimate of drug-likeness (QED) is 0.156. The highest BCUT2D eigenvalue weighted by molar-refractivity contribution is 8.00. The largest absolute Gasteiger partial charge is 0.461 e. The van der Waals surface area contributed by atoms with Crippen molar-refractivity contribution in [3.05, 3.63) is 36.8 Å². The molecule has 0 aromatic carbocycles. The molecule has 4 aromatic rings. The molecule has 0 fully saturated rings. The summed E-state index contributed by atoms with van der Waals surface area (Å²) in [6, 6.07) is 6.62. The molecule has 0 bridgehead atoms. The van der Waals surface area contributed by atoms with Crippen molar-refractivity contribution < 1.29 is 25.7 Å².